The highest BCUT2D eigenvalue weighted by molar-refractivity contribution is 7.81. The minimum atomic E-state index is -0.688. The molecule has 1 atom stereocenters. The zero-order chi connectivity index (χ0) is 10.4. The molecule has 0 aliphatic heterocycles. The van der Waals surface area contributed by atoms with Crippen molar-refractivity contribution in [3.63, 3.8) is 0 Å². The normalized spacial score (nSPS) is 12.4. The molecular weight excluding hydrogens is 215 g/mol. The summed E-state index contributed by atoms with van der Waals surface area (Å²) in [5, 5.41) is 1.15. The van der Waals surface area contributed by atoms with E-state index in [9.17, 15) is 4.79 Å². The lowest BCUT2D eigenvalue weighted by atomic mass is 10.4. The minimum absolute atomic E-state index is 0.139. The van der Waals surface area contributed by atoms with Gasteiger partial charge >= 0.3 is 0 Å². The molecule has 1 nitrogen and oxygen atoms in total. The molecule has 0 bridgehead atoms. The highest BCUT2D eigenvalue weighted by atomic mass is 35.5. The minimum Gasteiger partial charge on any atom is -0.293 e. The molecule has 14 heavy (non-hydrogen) atoms. The molecule has 3 heteroatoms. The van der Waals surface area contributed by atoms with Crippen molar-refractivity contribution >= 4 is 30.4 Å². The van der Waals surface area contributed by atoms with Gasteiger partial charge in [-0.25, -0.2) is 0 Å². The molecule has 0 aromatic heterocycles. The van der Waals surface area contributed by atoms with Gasteiger partial charge in [0.05, 0.1) is 5.88 Å². The van der Waals surface area contributed by atoms with E-state index in [1.54, 1.807) is 0 Å². The monoisotopic (exact) mass is 228 g/mol. The molecule has 0 N–H and O–H groups in total. The van der Waals surface area contributed by atoms with Crippen LogP contribution in [-0.4, -0.2) is 17.6 Å². The molecule has 1 aromatic carbocycles. The van der Waals surface area contributed by atoms with Crippen LogP contribution in [0, 0.1) is 0 Å². The number of rotatable bonds is 5. The smallest absolute Gasteiger partial charge is 0.173 e. The second-order valence-corrected chi connectivity index (χ2v) is 5.60. The van der Waals surface area contributed by atoms with Gasteiger partial charge in [-0.05, 0) is 19.4 Å². The van der Waals surface area contributed by atoms with Gasteiger partial charge in [-0.15, -0.1) is 11.6 Å². The fourth-order valence-corrected chi connectivity index (χ4v) is 3.65. The summed E-state index contributed by atoms with van der Waals surface area (Å²) in [6.07, 6.45) is 1.98. The molecule has 0 amide bonds. The number of hydrogen-bond acceptors (Lipinski definition) is 1. The quantitative estimate of drug-likeness (QED) is 0.559. The number of alkyl halides is 1. The van der Waals surface area contributed by atoms with E-state index in [1.807, 2.05) is 30.3 Å². The molecule has 1 aromatic rings. The number of carbonyl (C=O) groups excluding carboxylic acids is 1. The summed E-state index contributed by atoms with van der Waals surface area (Å²) in [6.45, 7) is 2.10. The molecule has 76 valence electrons. The second kappa shape index (κ2) is 6.16. The van der Waals surface area contributed by atoms with Gasteiger partial charge in [-0.3, -0.25) is 4.79 Å². The Morgan fingerprint density at radius 1 is 1.36 bits per heavy atom. The van der Waals surface area contributed by atoms with E-state index in [1.165, 1.54) is 0 Å². The van der Waals surface area contributed by atoms with Gasteiger partial charge in [0.1, 0.15) is 0 Å². The molecule has 0 aliphatic carbocycles. The van der Waals surface area contributed by atoms with Crippen molar-refractivity contribution < 1.29 is 4.79 Å². The van der Waals surface area contributed by atoms with Crippen molar-refractivity contribution in [3.8, 4) is 0 Å². The van der Waals surface area contributed by atoms with Crippen LogP contribution >= 0.6 is 19.5 Å². The predicted octanol–water partition coefficient (Wildman–Crippen LogP) is 2.97. The average Bonchev–Trinajstić information content (AvgIpc) is 2.26. The van der Waals surface area contributed by atoms with Gasteiger partial charge < -0.3 is 0 Å². The highest BCUT2D eigenvalue weighted by Gasteiger charge is 2.17. The Morgan fingerprint density at radius 3 is 2.50 bits per heavy atom. The molecule has 0 aliphatic rings. The van der Waals surface area contributed by atoms with Crippen LogP contribution < -0.4 is 5.30 Å². The van der Waals surface area contributed by atoms with Gasteiger partial charge in [0.15, 0.2) is 5.52 Å². The van der Waals surface area contributed by atoms with Crippen molar-refractivity contribution in [3.05, 3.63) is 30.3 Å². The van der Waals surface area contributed by atoms with Gasteiger partial charge in [-0.2, -0.15) is 0 Å². The van der Waals surface area contributed by atoms with Gasteiger partial charge in [0.2, 0.25) is 0 Å². The third-order valence-corrected chi connectivity index (χ3v) is 4.94. The molecule has 0 fully saturated rings. The van der Waals surface area contributed by atoms with E-state index in [0.29, 0.717) is 0 Å². The summed E-state index contributed by atoms with van der Waals surface area (Å²) in [7, 11) is -0.688. The fraction of sp³-hybridized carbons (Fsp3) is 0.364. The van der Waals surface area contributed by atoms with Gasteiger partial charge in [0.25, 0.3) is 0 Å². The van der Waals surface area contributed by atoms with Crippen LogP contribution in [0.4, 0.5) is 0 Å². The Balaban J connectivity index is 2.83. The molecule has 0 spiro atoms. The fourth-order valence-electron chi connectivity index (χ4n) is 1.30. The summed E-state index contributed by atoms with van der Waals surface area (Å²) in [5.41, 5.74) is 0.190. The first kappa shape index (κ1) is 11.7. The van der Waals surface area contributed by atoms with Crippen molar-refractivity contribution in [2.75, 3.05) is 12.0 Å². The van der Waals surface area contributed by atoms with Crippen molar-refractivity contribution in [1.82, 2.24) is 0 Å². The summed E-state index contributed by atoms with van der Waals surface area (Å²) < 4.78 is 0. The Morgan fingerprint density at radius 2 is 2.00 bits per heavy atom. The van der Waals surface area contributed by atoms with Crippen LogP contribution in [0.1, 0.15) is 13.3 Å². The topological polar surface area (TPSA) is 17.1 Å². The zero-order valence-electron chi connectivity index (χ0n) is 8.24. The van der Waals surface area contributed by atoms with E-state index in [4.69, 9.17) is 11.6 Å². The Labute approximate surface area is 91.2 Å². The lowest BCUT2D eigenvalue weighted by Crippen LogP contribution is -2.11. The maximum Gasteiger partial charge on any atom is 0.173 e. The zero-order valence-corrected chi connectivity index (χ0v) is 9.89. The summed E-state index contributed by atoms with van der Waals surface area (Å²) in [6, 6.07) is 9.95. The molecule has 1 rings (SSSR count). The number of benzene rings is 1. The van der Waals surface area contributed by atoms with Crippen LogP contribution in [0.5, 0.6) is 0 Å². The van der Waals surface area contributed by atoms with Crippen LogP contribution in [0.25, 0.3) is 0 Å². The molecule has 0 saturated heterocycles. The molecule has 0 saturated carbocycles. The van der Waals surface area contributed by atoms with Crippen LogP contribution in [0.3, 0.4) is 0 Å². The molecule has 0 heterocycles. The second-order valence-electron chi connectivity index (χ2n) is 3.01. The Hall–Kier alpha value is -0.390. The predicted molar refractivity (Wildman–Crippen MR) is 63.9 cm³/mol. The van der Waals surface area contributed by atoms with Crippen LogP contribution in [0.2, 0.25) is 0 Å². The van der Waals surface area contributed by atoms with Gasteiger partial charge in [-0.1, -0.05) is 43.7 Å². The largest absolute Gasteiger partial charge is 0.293 e. The maximum absolute atomic E-state index is 11.6. The highest BCUT2D eigenvalue weighted by Crippen LogP contribution is 2.36. The van der Waals surface area contributed by atoms with E-state index >= 15 is 0 Å². The first-order chi connectivity index (χ1) is 6.79. The van der Waals surface area contributed by atoms with E-state index in [-0.39, 0.29) is 11.4 Å². The molecular formula is C11H14ClOP. The van der Waals surface area contributed by atoms with Crippen molar-refractivity contribution in [2.24, 2.45) is 0 Å². The molecule has 0 radical (unpaired) electrons. The first-order valence-electron chi connectivity index (χ1n) is 4.71. The van der Waals surface area contributed by atoms with E-state index in [0.717, 1.165) is 17.9 Å². The number of hydrogen-bond donors (Lipinski definition) is 0. The van der Waals surface area contributed by atoms with Crippen molar-refractivity contribution in [2.45, 2.75) is 13.3 Å². The van der Waals surface area contributed by atoms with Crippen LogP contribution in [-0.2, 0) is 4.79 Å². The lowest BCUT2D eigenvalue weighted by molar-refractivity contribution is -0.109. The summed E-state index contributed by atoms with van der Waals surface area (Å²) in [5.74, 6) is 0.139. The lowest BCUT2D eigenvalue weighted by Gasteiger charge is -2.13. The molecule has 1 unspecified atom stereocenters. The summed E-state index contributed by atoms with van der Waals surface area (Å²) in [4.78, 5) is 11.6. The van der Waals surface area contributed by atoms with Crippen molar-refractivity contribution in [1.29, 1.82) is 0 Å². The average molecular weight is 229 g/mol. The Bertz CT molecular complexity index is 287. The van der Waals surface area contributed by atoms with E-state index in [2.05, 4.69) is 6.92 Å². The third-order valence-electron chi connectivity index (χ3n) is 1.93. The van der Waals surface area contributed by atoms with Crippen LogP contribution in [0.15, 0.2) is 30.3 Å². The summed E-state index contributed by atoms with van der Waals surface area (Å²) >= 11 is 5.60. The standard InChI is InChI=1S/C11H14ClOP/c1-2-8-14(11(13)9-12)10-6-4-3-5-7-10/h3-7H,2,8-9H2,1H3. The third kappa shape index (κ3) is 3.08. The first-order valence-corrected chi connectivity index (χ1v) is 6.77. The van der Waals surface area contributed by atoms with E-state index < -0.39 is 7.92 Å². The number of carbonyl (C=O) groups is 1. The SMILES string of the molecule is CCCP(C(=O)CCl)c1ccccc1. The maximum atomic E-state index is 11.6. The number of halogens is 1. The Kier molecular flexibility index (Phi) is 5.14. The van der Waals surface area contributed by atoms with Gasteiger partial charge in [0, 0.05) is 0 Å².